The predicted molar refractivity (Wildman–Crippen MR) is 64.3 cm³/mol. The zero-order valence-corrected chi connectivity index (χ0v) is 8.81. The smallest absolute Gasteiger partial charge is 0.270 e. The van der Waals surface area contributed by atoms with Gasteiger partial charge in [0, 0.05) is 11.9 Å². The summed E-state index contributed by atoms with van der Waals surface area (Å²) in [7, 11) is 0. The first-order chi connectivity index (χ1) is 7.81. The maximum absolute atomic E-state index is 11.6. The number of para-hydroxylation sites is 1. The normalized spacial score (nSPS) is 10.0. The molecule has 1 heterocycles. The highest BCUT2D eigenvalue weighted by molar-refractivity contribution is 5.94. The molecule has 3 nitrogen and oxygen atoms in total. The summed E-state index contributed by atoms with van der Waals surface area (Å²) in [6.45, 7) is 3.99. The van der Waals surface area contributed by atoms with Crippen LogP contribution in [0.1, 0.15) is 10.5 Å². The molecule has 1 aromatic carbocycles. The number of nitrogens with zero attached hydrogens (tertiary/aromatic N) is 1. The van der Waals surface area contributed by atoms with Gasteiger partial charge in [-0.25, -0.2) is 4.98 Å². The molecule has 0 aliphatic rings. The highest BCUT2D eigenvalue weighted by Gasteiger charge is 2.05. The fraction of sp³-hybridized carbons (Fsp3) is 0.0769. The molecule has 0 aliphatic heterocycles. The van der Waals surface area contributed by atoms with E-state index in [9.17, 15) is 4.79 Å². The molecule has 0 spiro atoms. The summed E-state index contributed by atoms with van der Waals surface area (Å²) in [5.74, 6) is -0.175. The van der Waals surface area contributed by atoms with Crippen molar-refractivity contribution >= 4 is 16.8 Å². The van der Waals surface area contributed by atoms with E-state index in [2.05, 4.69) is 16.9 Å². The fourth-order valence-electron chi connectivity index (χ4n) is 1.45. The van der Waals surface area contributed by atoms with E-state index in [1.807, 2.05) is 30.3 Å². The summed E-state index contributed by atoms with van der Waals surface area (Å²) in [6.07, 6.45) is 1.64. The fourth-order valence-corrected chi connectivity index (χ4v) is 1.45. The largest absolute Gasteiger partial charge is 0.347 e. The lowest BCUT2D eigenvalue weighted by molar-refractivity contribution is 0.0953. The van der Waals surface area contributed by atoms with E-state index in [1.165, 1.54) is 0 Å². The zero-order valence-electron chi connectivity index (χ0n) is 8.81. The molecule has 0 fully saturated rings. The number of rotatable bonds is 3. The molecule has 0 aliphatic carbocycles. The minimum absolute atomic E-state index is 0.175. The Morgan fingerprint density at radius 3 is 2.94 bits per heavy atom. The molecular weight excluding hydrogens is 200 g/mol. The number of fused-ring (bicyclic) bond motifs is 1. The van der Waals surface area contributed by atoms with Crippen molar-refractivity contribution in [3.8, 4) is 0 Å². The quantitative estimate of drug-likeness (QED) is 0.792. The lowest BCUT2D eigenvalue weighted by atomic mass is 10.2. The average Bonchev–Trinajstić information content (AvgIpc) is 2.35. The average molecular weight is 212 g/mol. The van der Waals surface area contributed by atoms with E-state index in [4.69, 9.17) is 0 Å². The SMILES string of the molecule is C=CCNC(=O)c1ccc2ccccc2n1. The van der Waals surface area contributed by atoms with E-state index in [0.29, 0.717) is 12.2 Å². The number of carbonyl (C=O) groups is 1. The molecule has 1 aromatic heterocycles. The zero-order chi connectivity index (χ0) is 11.4. The number of aromatic nitrogens is 1. The number of hydrogen-bond donors (Lipinski definition) is 1. The van der Waals surface area contributed by atoms with Crippen molar-refractivity contribution < 1.29 is 4.79 Å². The lowest BCUT2D eigenvalue weighted by Crippen LogP contribution is -2.24. The van der Waals surface area contributed by atoms with Crippen LogP contribution < -0.4 is 5.32 Å². The van der Waals surface area contributed by atoms with Crippen LogP contribution in [-0.2, 0) is 0 Å². The Hall–Kier alpha value is -2.16. The van der Waals surface area contributed by atoms with Gasteiger partial charge in [0.2, 0.25) is 0 Å². The maximum atomic E-state index is 11.6. The van der Waals surface area contributed by atoms with Crippen molar-refractivity contribution in [3.63, 3.8) is 0 Å². The Morgan fingerprint density at radius 2 is 2.12 bits per heavy atom. The van der Waals surface area contributed by atoms with Crippen LogP contribution in [0, 0.1) is 0 Å². The molecule has 0 saturated heterocycles. The number of hydrogen-bond acceptors (Lipinski definition) is 2. The first-order valence-electron chi connectivity index (χ1n) is 5.06. The molecule has 1 N–H and O–H groups in total. The molecule has 0 unspecified atom stereocenters. The number of amides is 1. The highest BCUT2D eigenvalue weighted by Crippen LogP contribution is 2.11. The van der Waals surface area contributed by atoms with Gasteiger partial charge in [-0.1, -0.05) is 30.3 Å². The van der Waals surface area contributed by atoms with E-state index in [1.54, 1.807) is 12.1 Å². The van der Waals surface area contributed by atoms with Gasteiger partial charge in [0.25, 0.3) is 5.91 Å². The van der Waals surface area contributed by atoms with Gasteiger partial charge >= 0.3 is 0 Å². The van der Waals surface area contributed by atoms with E-state index in [0.717, 1.165) is 10.9 Å². The maximum Gasteiger partial charge on any atom is 0.270 e. The summed E-state index contributed by atoms with van der Waals surface area (Å²) in [5, 5.41) is 3.72. The van der Waals surface area contributed by atoms with Crippen LogP contribution in [0.2, 0.25) is 0 Å². The van der Waals surface area contributed by atoms with Crippen LogP contribution in [0.3, 0.4) is 0 Å². The van der Waals surface area contributed by atoms with Crippen LogP contribution >= 0.6 is 0 Å². The second-order valence-corrected chi connectivity index (χ2v) is 3.39. The molecule has 3 heteroatoms. The molecule has 0 radical (unpaired) electrons. The number of nitrogens with one attached hydrogen (secondary N) is 1. The highest BCUT2D eigenvalue weighted by atomic mass is 16.1. The molecule has 2 rings (SSSR count). The van der Waals surface area contributed by atoms with Gasteiger partial charge in [-0.15, -0.1) is 6.58 Å². The Balaban J connectivity index is 2.32. The van der Waals surface area contributed by atoms with Gasteiger partial charge < -0.3 is 5.32 Å². The third kappa shape index (κ3) is 2.08. The Morgan fingerprint density at radius 1 is 1.31 bits per heavy atom. The van der Waals surface area contributed by atoms with Gasteiger partial charge in [-0.3, -0.25) is 4.79 Å². The minimum atomic E-state index is -0.175. The number of carbonyl (C=O) groups excluding carboxylic acids is 1. The minimum Gasteiger partial charge on any atom is -0.347 e. The first-order valence-corrected chi connectivity index (χ1v) is 5.06. The third-order valence-corrected chi connectivity index (χ3v) is 2.24. The second kappa shape index (κ2) is 4.57. The van der Waals surface area contributed by atoms with Crippen molar-refractivity contribution in [2.75, 3.05) is 6.54 Å². The molecule has 1 amide bonds. The third-order valence-electron chi connectivity index (χ3n) is 2.24. The Kier molecular flexibility index (Phi) is 2.96. The summed E-state index contributed by atoms with van der Waals surface area (Å²) in [5.41, 5.74) is 1.26. The topological polar surface area (TPSA) is 42.0 Å². The van der Waals surface area contributed by atoms with Crippen molar-refractivity contribution in [1.82, 2.24) is 10.3 Å². The van der Waals surface area contributed by atoms with Crippen molar-refractivity contribution in [2.45, 2.75) is 0 Å². The molecule has 0 atom stereocenters. The molecule has 16 heavy (non-hydrogen) atoms. The summed E-state index contributed by atoms with van der Waals surface area (Å²) in [6, 6.07) is 11.3. The van der Waals surface area contributed by atoms with Crippen molar-refractivity contribution in [3.05, 3.63) is 54.7 Å². The molecule has 80 valence electrons. The monoisotopic (exact) mass is 212 g/mol. The molecule has 2 aromatic rings. The molecule has 0 saturated carbocycles. The molecule has 0 bridgehead atoms. The van der Waals surface area contributed by atoms with Crippen LogP contribution in [0.25, 0.3) is 10.9 Å². The Bertz CT molecular complexity index is 534. The van der Waals surface area contributed by atoms with Crippen molar-refractivity contribution in [2.24, 2.45) is 0 Å². The van der Waals surface area contributed by atoms with Crippen LogP contribution in [-0.4, -0.2) is 17.4 Å². The predicted octanol–water partition coefficient (Wildman–Crippen LogP) is 2.15. The standard InChI is InChI=1S/C13H12N2O/c1-2-9-14-13(16)12-8-7-10-5-3-4-6-11(10)15-12/h2-8H,1,9H2,(H,14,16). The van der Waals surface area contributed by atoms with Crippen LogP contribution in [0.4, 0.5) is 0 Å². The summed E-state index contributed by atoms with van der Waals surface area (Å²) in [4.78, 5) is 15.9. The van der Waals surface area contributed by atoms with Crippen molar-refractivity contribution in [1.29, 1.82) is 0 Å². The number of benzene rings is 1. The lowest BCUT2D eigenvalue weighted by Gasteiger charge is -2.02. The number of pyridine rings is 1. The van der Waals surface area contributed by atoms with Gasteiger partial charge in [0.05, 0.1) is 5.52 Å². The second-order valence-electron chi connectivity index (χ2n) is 3.39. The van der Waals surface area contributed by atoms with E-state index < -0.39 is 0 Å². The summed E-state index contributed by atoms with van der Waals surface area (Å²) < 4.78 is 0. The van der Waals surface area contributed by atoms with Gasteiger partial charge in [0.1, 0.15) is 5.69 Å². The van der Waals surface area contributed by atoms with Crippen LogP contribution in [0.5, 0.6) is 0 Å². The first kappa shape index (κ1) is 10.4. The van der Waals surface area contributed by atoms with Gasteiger partial charge in [0.15, 0.2) is 0 Å². The van der Waals surface area contributed by atoms with E-state index >= 15 is 0 Å². The van der Waals surface area contributed by atoms with Gasteiger partial charge in [-0.2, -0.15) is 0 Å². The molecular formula is C13H12N2O. The van der Waals surface area contributed by atoms with Gasteiger partial charge in [-0.05, 0) is 12.1 Å². The van der Waals surface area contributed by atoms with E-state index in [-0.39, 0.29) is 5.91 Å². The summed E-state index contributed by atoms with van der Waals surface area (Å²) >= 11 is 0. The Labute approximate surface area is 93.8 Å². The van der Waals surface area contributed by atoms with Crippen LogP contribution in [0.15, 0.2) is 49.1 Å².